The van der Waals surface area contributed by atoms with Crippen LogP contribution >= 0.6 is 11.8 Å². The van der Waals surface area contributed by atoms with Crippen LogP contribution in [-0.4, -0.2) is 18.5 Å². The fourth-order valence-electron chi connectivity index (χ4n) is 2.63. The lowest BCUT2D eigenvalue weighted by atomic mass is 10.1. The quantitative estimate of drug-likeness (QED) is 0.326. The van der Waals surface area contributed by atoms with Crippen molar-refractivity contribution in [3.63, 3.8) is 0 Å². The number of fused-ring (bicyclic) bond motifs is 1. The molecule has 1 heterocycles. The van der Waals surface area contributed by atoms with Gasteiger partial charge in [0, 0.05) is 17.0 Å². The number of hydrogen-bond acceptors (Lipinski definition) is 4. The maximum Gasteiger partial charge on any atom is 0.446 e. The molecule has 0 aliphatic carbocycles. The summed E-state index contributed by atoms with van der Waals surface area (Å²) in [5, 5.41) is 0.869. The second kappa shape index (κ2) is 9.15. The molecule has 156 valence electrons. The number of rotatable bonds is 3. The lowest BCUT2D eigenvalue weighted by Gasteiger charge is -2.07. The van der Waals surface area contributed by atoms with Gasteiger partial charge in [-0.25, -0.2) is 8.42 Å². The topological polar surface area (TPSA) is 61.1 Å². The molecule has 0 fully saturated rings. The van der Waals surface area contributed by atoms with Crippen LogP contribution in [0.15, 0.2) is 64.5 Å². The van der Waals surface area contributed by atoms with Crippen LogP contribution in [0.3, 0.4) is 0 Å². The Morgan fingerprint density at radius 2 is 1.66 bits per heavy atom. The lowest BCUT2D eigenvalue weighted by Crippen LogP contribution is -2.32. The fraction of sp³-hybridized carbons (Fsp3) is 0.250. The molecule has 0 radical (unpaired) electrons. The van der Waals surface area contributed by atoms with Gasteiger partial charge in [-0.15, -0.1) is 0 Å². The zero-order valence-corrected chi connectivity index (χ0v) is 17.7. The summed E-state index contributed by atoms with van der Waals surface area (Å²) in [5.41, 5.74) is -1.36. The molecule has 3 aromatic rings. The van der Waals surface area contributed by atoms with Gasteiger partial charge < -0.3 is 4.55 Å². The molecule has 1 aromatic heterocycles. The van der Waals surface area contributed by atoms with Gasteiger partial charge in [0.25, 0.3) is 0 Å². The third-order valence-corrected chi connectivity index (χ3v) is 5.66. The average molecular weight is 444 g/mol. The average Bonchev–Trinajstić information content (AvgIpc) is 2.61. The van der Waals surface area contributed by atoms with E-state index in [0.29, 0.717) is 0 Å². The van der Waals surface area contributed by atoms with Crippen molar-refractivity contribution in [1.82, 2.24) is 0 Å². The van der Waals surface area contributed by atoms with E-state index in [1.165, 1.54) is 18.2 Å². The van der Waals surface area contributed by atoms with Gasteiger partial charge in [0.2, 0.25) is 5.52 Å². The molecule has 9 heteroatoms. The molecular weight excluding hydrogens is 423 g/mol. The molecule has 2 aromatic carbocycles. The van der Waals surface area contributed by atoms with Crippen molar-refractivity contribution in [1.29, 1.82) is 0 Å². The normalized spacial score (nSPS) is 11.8. The van der Waals surface area contributed by atoms with Crippen LogP contribution in [0.5, 0.6) is 0 Å². The zero-order valence-electron chi connectivity index (χ0n) is 16.0. The Bertz CT molecular complexity index is 1100. The Morgan fingerprint density at radius 1 is 1.03 bits per heavy atom. The molecule has 0 saturated carbocycles. The van der Waals surface area contributed by atoms with Crippen LogP contribution < -0.4 is 4.57 Å². The third kappa shape index (κ3) is 6.73. The molecule has 4 nitrogen and oxygen atoms in total. The summed E-state index contributed by atoms with van der Waals surface area (Å²) in [4.78, 5) is 0.0510. The van der Waals surface area contributed by atoms with Crippen LogP contribution in [0, 0.1) is 13.8 Å². The van der Waals surface area contributed by atoms with E-state index >= 15 is 0 Å². The highest BCUT2D eigenvalue weighted by Crippen LogP contribution is 2.37. The largest absolute Gasteiger partial charge is 0.744 e. The van der Waals surface area contributed by atoms with E-state index in [2.05, 4.69) is 0 Å². The zero-order chi connectivity index (χ0) is 21.8. The first kappa shape index (κ1) is 23.2. The summed E-state index contributed by atoms with van der Waals surface area (Å²) in [6, 6.07) is 12.6. The maximum absolute atomic E-state index is 12.3. The first-order valence-electron chi connectivity index (χ1n) is 8.62. The number of halogens is 3. The van der Waals surface area contributed by atoms with Crippen LogP contribution in [0.1, 0.15) is 18.1 Å². The number of alkyl halides is 3. The summed E-state index contributed by atoms with van der Waals surface area (Å²) in [5.74, 6) is 0. The second-order valence-corrected chi connectivity index (χ2v) is 8.80. The third-order valence-electron chi connectivity index (χ3n) is 4.09. The summed E-state index contributed by atoms with van der Waals surface area (Å²) in [7, 11) is -4.27. The number of benzene rings is 2. The maximum atomic E-state index is 12.3. The van der Waals surface area contributed by atoms with Crippen LogP contribution in [0.25, 0.3) is 10.9 Å². The Morgan fingerprint density at radius 3 is 2.17 bits per heavy atom. The summed E-state index contributed by atoms with van der Waals surface area (Å²) < 4.78 is 70.2. The van der Waals surface area contributed by atoms with E-state index in [1.54, 1.807) is 24.3 Å². The van der Waals surface area contributed by atoms with Crippen LogP contribution in [0.4, 0.5) is 13.2 Å². The lowest BCUT2D eigenvalue weighted by molar-refractivity contribution is -0.667. The van der Waals surface area contributed by atoms with E-state index in [4.69, 9.17) is 0 Å². The molecule has 3 rings (SSSR count). The van der Waals surface area contributed by atoms with Gasteiger partial charge in [-0.1, -0.05) is 17.7 Å². The summed E-state index contributed by atoms with van der Waals surface area (Å²) >= 11 is -0.0715. The summed E-state index contributed by atoms with van der Waals surface area (Å²) in [6.45, 7) is 6.53. The van der Waals surface area contributed by atoms with E-state index in [9.17, 15) is 26.1 Å². The predicted molar refractivity (Wildman–Crippen MR) is 106 cm³/mol. The highest BCUT2D eigenvalue weighted by atomic mass is 32.2. The monoisotopic (exact) mass is 443 g/mol. The van der Waals surface area contributed by atoms with E-state index in [1.807, 2.05) is 37.6 Å². The number of aryl methyl sites for hydroxylation is 3. The van der Waals surface area contributed by atoms with Gasteiger partial charge in [-0.3, -0.25) is 0 Å². The number of pyridine rings is 1. The number of aromatic nitrogens is 1. The van der Waals surface area contributed by atoms with Crippen LogP contribution in [-0.2, 0) is 16.7 Å². The van der Waals surface area contributed by atoms with E-state index < -0.39 is 15.6 Å². The van der Waals surface area contributed by atoms with Crippen molar-refractivity contribution in [2.45, 2.75) is 42.6 Å². The van der Waals surface area contributed by atoms with Crippen LogP contribution in [0.2, 0.25) is 0 Å². The Labute approximate surface area is 172 Å². The van der Waals surface area contributed by atoms with Gasteiger partial charge in [0.1, 0.15) is 16.7 Å². The molecule has 0 saturated heterocycles. The Kier molecular flexibility index (Phi) is 7.31. The van der Waals surface area contributed by atoms with Crippen molar-refractivity contribution in [2.75, 3.05) is 0 Å². The van der Waals surface area contributed by atoms with Gasteiger partial charge in [0.05, 0.1) is 10.3 Å². The molecule has 0 spiro atoms. The molecule has 0 N–H and O–H groups in total. The Balaban J connectivity index is 0.000000234. The Hall–Kier alpha value is -2.10. The number of nitrogens with zero attached hydrogens (tertiary/aromatic N) is 1. The molecule has 0 aliphatic heterocycles. The minimum atomic E-state index is -4.27. The molecule has 0 bridgehead atoms. The highest BCUT2D eigenvalue weighted by molar-refractivity contribution is 8.00. The number of thioether (sulfide) groups is 1. The van der Waals surface area contributed by atoms with Gasteiger partial charge in [0.15, 0.2) is 6.20 Å². The molecule has 29 heavy (non-hydrogen) atoms. The summed E-state index contributed by atoms with van der Waals surface area (Å²) in [6.07, 6.45) is 1.95. The molecular formula is C20H20F3NO3S2. The molecule has 0 unspecified atom stereocenters. The molecule has 0 atom stereocenters. The predicted octanol–water partition coefficient (Wildman–Crippen LogP) is 4.97. The van der Waals surface area contributed by atoms with Crippen molar-refractivity contribution in [3.05, 3.63) is 65.9 Å². The first-order chi connectivity index (χ1) is 13.4. The highest BCUT2D eigenvalue weighted by Gasteiger charge is 2.29. The van der Waals surface area contributed by atoms with Crippen molar-refractivity contribution < 1.29 is 30.7 Å². The second-order valence-electron chi connectivity index (χ2n) is 6.28. The standard InChI is InChI=1S/C13H13F3NS.C7H8O3S/c1-3-17-7-6-9(2)11-8-10(4-5-12(11)17)18-13(14,15)16;1-6-2-4-7(5-3-6)11(8,9)10/h4-8H,3H2,1-2H3;2-5H,1H3,(H,8,9,10)/q+1;/p-1. The van der Waals surface area contributed by atoms with E-state index in [0.717, 1.165) is 28.6 Å². The van der Waals surface area contributed by atoms with Crippen molar-refractivity contribution in [3.8, 4) is 0 Å². The van der Waals surface area contributed by atoms with Crippen molar-refractivity contribution >= 4 is 32.8 Å². The smallest absolute Gasteiger partial charge is 0.446 e. The minimum absolute atomic E-state index is 0.0715. The fourth-order valence-corrected chi connectivity index (χ4v) is 3.68. The van der Waals surface area contributed by atoms with E-state index in [-0.39, 0.29) is 21.6 Å². The SMILES string of the molecule is CC[n+]1ccc(C)c2cc(SC(F)(F)F)ccc21.Cc1ccc(S(=O)(=O)[O-])cc1. The molecule has 0 amide bonds. The van der Waals surface area contributed by atoms with Gasteiger partial charge >= 0.3 is 5.51 Å². The van der Waals surface area contributed by atoms with Gasteiger partial charge in [-0.05, 0) is 62.4 Å². The minimum Gasteiger partial charge on any atom is -0.744 e. The van der Waals surface area contributed by atoms with Gasteiger partial charge in [-0.2, -0.15) is 17.7 Å². The number of hydrogen-bond donors (Lipinski definition) is 0. The first-order valence-corrected chi connectivity index (χ1v) is 10.8. The van der Waals surface area contributed by atoms with Crippen molar-refractivity contribution in [2.24, 2.45) is 0 Å². The molecule has 0 aliphatic rings.